The number of benzene rings is 1. The van der Waals surface area contributed by atoms with Crippen LogP contribution in [0.2, 0.25) is 0 Å². The molecule has 0 bridgehead atoms. The van der Waals surface area contributed by atoms with Crippen LogP contribution in [0.25, 0.3) is 0 Å². The molecule has 0 saturated carbocycles. The van der Waals surface area contributed by atoms with Crippen LogP contribution >= 0.6 is 0 Å². The smallest absolute Gasteiger partial charge is 0.124 e. The van der Waals surface area contributed by atoms with Crippen molar-refractivity contribution in [2.75, 3.05) is 47.4 Å². The summed E-state index contributed by atoms with van der Waals surface area (Å²) in [6, 6.07) is 8.29. The molecule has 0 radical (unpaired) electrons. The Balaban J connectivity index is 2.28. The summed E-state index contributed by atoms with van der Waals surface area (Å²) in [6.45, 7) is 4.25. The maximum absolute atomic E-state index is 5.50. The molecular weight excluding hydrogens is 226 g/mol. The summed E-state index contributed by atoms with van der Waals surface area (Å²) >= 11 is 0. The van der Waals surface area contributed by atoms with Gasteiger partial charge in [0.25, 0.3) is 0 Å². The summed E-state index contributed by atoms with van der Waals surface area (Å²) < 4.78 is 5.50. The van der Waals surface area contributed by atoms with Crippen molar-refractivity contribution >= 4 is 0 Å². The van der Waals surface area contributed by atoms with E-state index in [0.29, 0.717) is 0 Å². The van der Waals surface area contributed by atoms with Gasteiger partial charge in [-0.25, -0.2) is 0 Å². The number of hydrogen-bond acceptors (Lipinski definition) is 4. The SMILES string of the molecule is COc1ccccc1C(N(C)C)N1CCNCC1. The van der Waals surface area contributed by atoms with Gasteiger partial charge in [-0.05, 0) is 20.2 Å². The average Bonchev–Trinajstić information content (AvgIpc) is 2.40. The average molecular weight is 249 g/mol. The van der Waals surface area contributed by atoms with Gasteiger partial charge in [0.1, 0.15) is 5.75 Å². The summed E-state index contributed by atoms with van der Waals surface area (Å²) in [4.78, 5) is 4.75. The Morgan fingerprint density at radius 2 is 1.89 bits per heavy atom. The predicted octanol–water partition coefficient (Wildman–Crippen LogP) is 1.16. The quantitative estimate of drug-likeness (QED) is 0.866. The van der Waals surface area contributed by atoms with Crippen LogP contribution in [0.5, 0.6) is 5.75 Å². The van der Waals surface area contributed by atoms with Crippen molar-refractivity contribution < 1.29 is 4.74 Å². The van der Waals surface area contributed by atoms with Crippen molar-refractivity contribution in [2.24, 2.45) is 0 Å². The normalized spacial score (nSPS) is 18.9. The number of rotatable bonds is 4. The molecule has 2 rings (SSSR count). The standard InChI is InChI=1S/C14H23N3O/c1-16(2)14(17-10-8-15-9-11-17)12-6-4-5-7-13(12)18-3/h4-7,14-15H,8-11H2,1-3H3. The third kappa shape index (κ3) is 2.83. The first-order valence-corrected chi connectivity index (χ1v) is 6.48. The van der Waals surface area contributed by atoms with Crippen LogP contribution in [0.15, 0.2) is 24.3 Å². The van der Waals surface area contributed by atoms with Gasteiger partial charge < -0.3 is 10.1 Å². The molecule has 4 nitrogen and oxygen atoms in total. The highest BCUT2D eigenvalue weighted by Gasteiger charge is 2.26. The summed E-state index contributed by atoms with van der Waals surface area (Å²) in [6.07, 6.45) is 0.281. The molecule has 0 aromatic heterocycles. The zero-order valence-electron chi connectivity index (χ0n) is 11.5. The molecule has 1 aliphatic heterocycles. The minimum atomic E-state index is 0.281. The lowest BCUT2D eigenvalue weighted by atomic mass is 10.1. The first-order valence-electron chi connectivity index (χ1n) is 6.48. The van der Waals surface area contributed by atoms with E-state index >= 15 is 0 Å². The maximum Gasteiger partial charge on any atom is 0.124 e. The number of ether oxygens (including phenoxy) is 1. The molecule has 1 aliphatic rings. The molecule has 1 unspecified atom stereocenters. The Hall–Kier alpha value is -1.10. The van der Waals surface area contributed by atoms with Gasteiger partial charge in [-0.2, -0.15) is 0 Å². The molecule has 1 N–H and O–H groups in total. The van der Waals surface area contributed by atoms with Gasteiger partial charge in [0, 0.05) is 31.7 Å². The molecule has 0 amide bonds. The minimum absolute atomic E-state index is 0.281. The lowest BCUT2D eigenvalue weighted by Gasteiger charge is -2.39. The second kappa shape index (κ2) is 6.18. The second-order valence-electron chi connectivity index (χ2n) is 4.87. The largest absolute Gasteiger partial charge is 0.496 e. The van der Waals surface area contributed by atoms with E-state index in [0.717, 1.165) is 31.9 Å². The molecule has 18 heavy (non-hydrogen) atoms. The van der Waals surface area contributed by atoms with E-state index in [1.165, 1.54) is 5.56 Å². The number of methoxy groups -OCH3 is 1. The van der Waals surface area contributed by atoms with Crippen LogP contribution in [0, 0.1) is 0 Å². The van der Waals surface area contributed by atoms with Crippen molar-refractivity contribution in [3.8, 4) is 5.75 Å². The van der Waals surface area contributed by atoms with Crippen LogP contribution in [0.3, 0.4) is 0 Å². The number of para-hydroxylation sites is 1. The molecule has 0 spiro atoms. The number of nitrogens with one attached hydrogen (secondary N) is 1. The highest BCUT2D eigenvalue weighted by atomic mass is 16.5. The van der Waals surface area contributed by atoms with Crippen molar-refractivity contribution in [3.63, 3.8) is 0 Å². The van der Waals surface area contributed by atoms with Crippen LogP contribution in [0.4, 0.5) is 0 Å². The van der Waals surface area contributed by atoms with E-state index in [9.17, 15) is 0 Å². The fourth-order valence-electron chi connectivity index (χ4n) is 2.61. The van der Waals surface area contributed by atoms with E-state index in [4.69, 9.17) is 4.74 Å². The van der Waals surface area contributed by atoms with E-state index < -0.39 is 0 Å². The van der Waals surface area contributed by atoms with E-state index in [2.05, 4.69) is 41.3 Å². The molecule has 1 heterocycles. The summed E-state index contributed by atoms with van der Waals surface area (Å²) in [5, 5.41) is 3.40. The molecule has 1 fully saturated rings. The topological polar surface area (TPSA) is 27.7 Å². The van der Waals surface area contributed by atoms with Crippen molar-refractivity contribution in [2.45, 2.75) is 6.17 Å². The molecule has 1 aromatic carbocycles. The second-order valence-corrected chi connectivity index (χ2v) is 4.87. The van der Waals surface area contributed by atoms with Crippen molar-refractivity contribution in [1.82, 2.24) is 15.1 Å². The van der Waals surface area contributed by atoms with Gasteiger partial charge in [0.05, 0.1) is 13.3 Å². The highest BCUT2D eigenvalue weighted by molar-refractivity contribution is 5.35. The van der Waals surface area contributed by atoms with Gasteiger partial charge >= 0.3 is 0 Å². The zero-order valence-corrected chi connectivity index (χ0v) is 11.5. The maximum atomic E-state index is 5.50. The number of hydrogen-bond donors (Lipinski definition) is 1. The third-order valence-corrected chi connectivity index (χ3v) is 3.40. The molecule has 0 aliphatic carbocycles. The van der Waals surface area contributed by atoms with Gasteiger partial charge in [0.2, 0.25) is 0 Å². The Morgan fingerprint density at radius 3 is 2.50 bits per heavy atom. The predicted molar refractivity (Wildman–Crippen MR) is 73.9 cm³/mol. The third-order valence-electron chi connectivity index (χ3n) is 3.40. The first-order chi connectivity index (χ1) is 8.74. The highest BCUT2D eigenvalue weighted by Crippen LogP contribution is 2.30. The lowest BCUT2D eigenvalue weighted by molar-refractivity contribution is 0.0653. The van der Waals surface area contributed by atoms with Crippen LogP contribution < -0.4 is 10.1 Å². The fraction of sp³-hybridized carbons (Fsp3) is 0.571. The monoisotopic (exact) mass is 249 g/mol. The number of nitrogens with zero attached hydrogens (tertiary/aromatic N) is 2. The van der Waals surface area contributed by atoms with Crippen LogP contribution in [-0.2, 0) is 0 Å². The Morgan fingerprint density at radius 1 is 1.22 bits per heavy atom. The van der Waals surface area contributed by atoms with Crippen molar-refractivity contribution in [3.05, 3.63) is 29.8 Å². The summed E-state index contributed by atoms with van der Waals surface area (Å²) in [7, 11) is 5.99. The van der Waals surface area contributed by atoms with Gasteiger partial charge in [-0.3, -0.25) is 9.80 Å². The molecule has 4 heteroatoms. The summed E-state index contributed by atoms with van der Waals surface area (Å²) in [5.74, 6) is 0.967. The zero-order chi connectivity index (χ0) is 13.0. The van der Waals surface area contributed by atoms with Gasteiger partial charge in [0.15, 0.2) is 0 Å². The van der Waals surface area contributed by atoms with Crippen LogP contribution in [0.1, 0.15) is 11.7 Å². The molecular formula is C14H23N3O. The molecule has 100 valence electrons. The summed E-state index contributed by atoms with van der Waals surface area (Å²) in [5.41, 5.74) is 1.24. The van der Waals surface area contributed by atoms with Crippen molar-refractivity contribution in [1.29, 1.82) is 0 Å². The Labute approximate surface area is 110 Å². The Bertz CT molecular complexity index is 375. The lowest BCUT2D eigenvalue weighted by Crippen LogP contribution is -2.48. The molecule has 1 aromatic rings. The van der Waals surface area contributed by atoms with E-state index in [1.54, 1.807) is 7.11 Å². The molecule has 1 atom stereocenters. The first kappa shape index (κ1) is 13.3. The fourth-order valence-corrected chi connectivity index (χ4v) is 2.61. The van der Waals surface area contributed by atoms with E-state index in [-0.39, 0.29) is 6.17 Å². The molecule has 1 saturated heterocycles. The number of piperazine rings is 1. The van der Waals surface area contributed by atoms with Gasteiger partial charge in [-0.15, -0.1) is 0 Å². The van der Waals surface area contributed by atoms with Crippen LogP contribution in [-0.4, -0.2) is 57.2 Å². The Kier molecular flexibility index (Phi) is 4.58. The minimum Gasteiger partial charge on any atom is -0.496 e. The van der Waals surface area contributed by atoms with Gasteiger partial charge in [-0.1, -0.05) is 18.2 Å². The van der Waals surface area contributed by atoms with E-state index in [1.807, 2.05) is 12.1 Å².